The second-order valence-electron chi connectivity index (χ2n) is 25.3. The SMILES string of the molecule is C/C=C/CC/C=C/CC/C=C/C(O)C(COC1OC(CO)C(O)C(O)C1O)NC(=O)CCCCCCCCCCCCCCCCCCC/C=C\C/C=C\CCCCCCCCCCCOC(=O)CCCCCCCCC/C=C\CCCCCCCC. The Bertz CT molecular complexity index is 1680. The lowest BCUT2D eigenvalue weighted by Gasteiger charge is -2.40. The van der Waals surface area contributed by atoms with Gasteiger partial charge in [-0.15, -0.1) is 0 Å². The van der Waals surface area contributed by atoms with Crippen molar-refractivity contribution >= 4 is 11.9 Å². The summed E-state index contributed by atoms with van der Waals surface area (Å²) in [5, 5.41) is 54.2. The molecule has 6 N–H and O–H groups in total. The minimum atomic E-state index is -1.58. The van der Waals surface area contributed by atoms with E-state index >= 15 is 0 Å². The van der Waals surface area contributed by atoms with E-state index in [1.165, 1.54) is 238 Å². The van der Waals surface area contributed by atoms with Gasteiger partial charge in [-0.3, -0.25) is 9.59 Å². The van der Waals surface area contributed by atoms with Crippen molar-refractivity contribution in [1.82, 2.24) is 5.32 Å². The van der Waals surface area contributed by atoms with Crippen LogP contribution in [0.2, 0.25) is 0 Å². The third-order valence-corrected chi connectivity index (χ3v) is 17.1. The number of ether oxygens (including phenoxy) is 3. The van der Waals surface area contributed by atoms with Gasteiger partial charge in [-0.25, -0.2) is 0 Å². The summed E-state index contributed by atoms with van der Waals surface area (Å²) in [7, 11) is 0. The van der Waals surface area contributed by atoms with Gasteiger partial charge in [0.05, 0.1) is 32.0 Å². The van der Waals surface area contributed by atoms with E-state index in [2.05, 4.69) is 66.9 Å². The quantitative estimate of drug-likeness (QED) is 0.0195. The van der Waals surface area contributed by atoms with Gasteiger partial charge in [0, 0.05) is 12.8 Å². The Hall–Kier alpha value is -2.90. The second kappa shape index (κ2) is 64.6. The van der Waals surface area contributed by atoms with Crippen molar-refractivity contribution in [3.05, 3.63) is 72.9 Å². The molecule has 11 heteroatoms. The van der Waals surface area contributed by atoms with Crippen LogP contribution < -0.4 is 5.32 Å². The standard InChI is InChI=1S/C76H137NO10/c1-3-5-7-9-11-13-14-15-16-34-38-41-44-48-52-56-60-64-72(81)85-65-61-57-53-49-45-42-39-36-33-31-29-27-25-23-21-19-17-18-20-22-24-26-28-30-32-35-37-40-43-47-51-55-59-63-71(80)77-68(69(79)62-58-54-50-46-12-10-8-6-4-2)67-86-76-75(84)74(83)73(82)70(66-78)87-76/h4,6,12,15-16,21,23,27,29,46,58,62,68-70,73-76,78-79,82-84H,3,5,7-11,13-14,17-20,22,24-26,28,30-45,47-57,59-61,63-67H2,1-2H3,(H,77,80)/b6-4+,16-15-,23-21-,29-27-,46-12+,62-58+. The fraction of sp³-hybridized carbons (Fsp3) is 0.816. The minimum absolute atomic E-state index is 0.00290. The second-order valence-corrected chi connectivity index (χ2v) is 25.3. The van der Waals surface area contributed by atoms with Crippen LogP contribution in [0.1, 0.15) is 335 Å². The maximum absolute atomic E-state index is 13.0. The third-order valence-electron chi connectivity index (χ3n) is 17.1. The van der Waals surface area contributed by atoms with Crippen molar-refractivity contribution in [2.45, 2.75) is 378 Å². The van der Waals surface area contributed by atoms with Gasteiger partial charge in [0.15, 0.2) is 6.29 Å². The number of unbranched alkanes of at least 4 members (excludes halogenated alkanes) is 41. The van der Waals surface area contributed by atoms with Gasteiger partial charge in [0.1, 0.15) is 24.4 Å². The number of aliphatic hydroxyl groups excluding tert-OH is 5. The number of amides is 1. The summed E-state index contributed by atoms with van der Waals surface area (Å²) in [6.07, 6.45) is 78.1. The highest BCUT2D eigenvalue weighted by Gasteiger charge is 2.44. The van der Waals surface area contributed by atoms with Gasteiger partial charge >= 0.3 is 5.97 Å². The van der Waals surface area contributed by atoms with Crippen molar-refractivity contribution in [1.29, 1.82) is 0 Å². The number of carbonyl (C=O) groups excluding carboxylic acids is 2. The maximum atomic E-state index is 13.0. The van der Waals surface area contributed by atoms with Crippen LogP contribution in [-0.2, 0) is 23.8 Å². The zero-order chi connectivity index (χ0) is 63.0. The van der Waals surface area contributed by atoms with Crippen LogP contribution in [-0.4, -0.2) is 100 Å². The summed E-state index contributed by atoms with van der Waals surface area (Å²) in [4.78, 5) is 25.1. The number of nitrogens with one attached hydrogen (secondary N) is 1. The van der Waals surface area contributed by atoms with Crippen LogP contribution in [0.4, 0.5) is 0 Å². The van der Waals surface area contributed by atoms with E-state index in [0.717, 1.165) is 70.6 Å². The van der Waals surface area contributed by atoms with E-state index < -0.39 is 49.5 Å². The molecule has 0 radical (unpaired) electrons. The van der Waals surface area contributed by atoms with Gasteiger partial charge in [-0.05, 0) is 110 Å². The highest BCUT2D eigenvalue weighted by Crippen LogP contribution is 2.23. The topological polar surface area (TPSA) is 175 Å². The van der Waals surface area contributed by atoms with Crippen molar-refractivity contribution < 1.29 is 49.3 Å². The Labute approximate surface area is 534 Å². The molecule has 11 nitrogen and oxygen atoms in total. The van der Waals surface area contributed by atoms with Crippen LogP contribution in [0.15, 0.2) is 72.9 Å². The molecule has 0 spiro atoms. The number of aliphatic hydroxyl groups is 5. The van der Waals surface area contributed by atoms with E-state index in [9.17, 15) is 35.1 Å². The third kappa shape index (κ3) is 53.5. The molecule has 1 fully saturated rings. The van der Waals surface area contributed by atoms with Gasteiger partial charge in [0.25, 0.3) is 0 Å². The summed E-state index contributed by atoms with van der Waals surface area (Å²) in [6.45, 7) is 4.10. The molecule has 87 heavy (non-hydrogen) atoms. The lowest BCUT2D eigenvalue weighted by Crippen LogP contribution is -2.60. The van der Waals surface area contributed by atoms with E-state index in [-0.39, 0.29) is 18.5 Å². The van der Waals surface area contributed by atoms with Gasteiger partial charge in [-0.1, -0.05) is 285 Å². The number of hydrogen-bond donors (Lipinski definition) is 6. The van der Waals surface area contributed by atoms with Crippen molar-refractivity contribution in [2.75, 3.05) is 19.8 Å². The van der Waals surface area contributed by atoms with Crippen LogP contribution in [0.25, 0.3) is 0 Å². The highest BCUT2D eigenvalue weighted by molar-refractivity contribution is 5.76. The molecule has 0 aliphatic carbocycles. The molecular formula is C76H137NO10. The average molecular weight is 1220 g/mol. The molecule has 7 unspecified atom stereocenters. The molecule has 7 atom stereocenters. The fourth-order valence-electron chi connectivity index (χ4n) is 11.3. The van der Waals surface area contributed by atoms with Crippen molar-refractivity contribution in [2.24, 2.45) is 0 Å². The van der Waals surface area contributed by atoms with E-state index in [0.29, 0.717) is 19.4 Å². The molecule has 0 aromatic rings. The highest BCUT2D eigenvalue weighted by atomic mass is 16.7. The van der Waals surface area contributed by atoms with Gasteiger partial charge in [0.2, 0.25) is 5.91 Å². The normalized spacial score (nSPS) is 18.3. The summed E-state index contributed by atoms with van der Waals surface area (Å²) < 4.78 is 16.7. The number of allylic oxidation sites excluding steroid dienone is 11. The summed E-state index contributed by atoms with van der Waals surface area (Å²) in [6, 6.07) is -0.833. The maximum Gasteiger partial charge on any atom is 0.305 e. The summed E-state index contributed by atoms with van der Waals surface area (Å²) in [5.41, 5.74) is 0. The van der Waals surface area contributed by atoms with Crippen LogP contribution >= 0.6 is 0 Å². The molecule has 1 aliphatic rings. The number of esters is 1. The molecule has 0 saturated carbocycles. The molecule has 1 heterocycles. The summed E-state index contributed by atoms with van der Waals surface area (Å²) in [5.74, 6) is -0.195. The Morgan fingerprint density at radius 3 is 1.28 bits per heavy atom. The molecule has 506 valence electrons. The predicted molar refractivity (Wildman–Crippen MR) is 366 cm³/mol. The monoisotopic (exact) mass is 1220 g/mol. The van der Waals surface area contributed by atoms with Crippen molar-refractivity contribution in [3.8, 4) is 0 Å². The van der Waals surface area contributed by atoms with Crippen LogP contribution in [0.3, 0.4) is 0 Å². The lowest BCUT2D eigenvalue weighted by molar-refractivity contribution is -0.302. The molecule has 1 amide bonds. The molecule has 0 aromatic heterocycles. The smallest absolute Gasteiger partial charge is 0.305 e. The molecule has 0 bridgehead atoms. The Morgan fingerprint density at radius 2 is 0.828 bits per heavy atom. The summed E-state index contributed by atoms with van der Waals surface area (Å²) >= 11 is 0. The first-order chi connectivity index (χ1) is 42.7. The minimum Gasteiger partial charge on any atom is -0.466 e. The Balaban J connectivity index is 1.90. The van der Waals surface area contributed by atoms with Gasteiger partial charge < -0.3 is 45.1 Å². The van der Waals surface area contributed by atoms with Crippen molar-refractivity contribution in [3.63, 3.8) is 0 Å². The van der Waals surface area contributed by atoms with Crippen LogP contribution in [0.5, 0.6) is 0 Å². The Morgan fingerprint density at radius 1 is 0.448 bits per heavy atom. The molecular weight excluding hydrogens is 1090 g/mol. The fourth-order valence-corrected chi connectivity index (χ4v) is 11.3. The Kier molecular flexibility index (Phi) is 61.0. The number of hydrogen-bond acceptors (Lipinski definition) is 10. The van der Waals surface area contributed by atoms with Gasteiger partial charge in [-0.2, -0.15) is 0 Å². The molecule has 1 rings (SSSR count). The average Bonchev–Trinajstić information content (AvgIpc) is 3.48. The lowest BCUT2D eigenvalue weighted by atomic mass is 9.99. The number of rotatable bonds is 64. The zero-order valence-electron chi connectivity index (χ0n) is 56.2. The largest absolute Gasteiger partial charge is 0.466 e. The molecule has 1 saturated heterocycles. The molecule has 1 aliphatic heterocycles. The van der Waals surface area contributed by atoms with E-state index in [4.69, 9.17) is 14.2 Å². The number of carbonyl (C=O) groups is 2. The zero-order valence-corrected chi connectivity index (χ0v) is 56.2. The van der Waals surface area contributed by atoms with Crippen LogP contribution in [0, 0.1) is 0 Å². The predicted octanol–water partition coefficient (Wildman–Crippen LogP) is 19.1. The molecule has 0 aromatic carbocycles. The van der Waals surface area contributed by atoms with E-state index in [1.807, 2.05) is 19.1 Å². The van der Waals surface area contributed by atoms with E-state index in [1.54, 1.807) is 6.08 Å². The first-order valence-electron chi connectivity index (χ1n) is 36.7. The first-order valence-corrected chi connectivity index (χ1v) is 36.7. The first kappa shape index (κ1) is 82.1.